The minimum atomic E-state index is -0.277. The SMILES string of the molecule is Cc1noc(C2CC(=O)N(Cc3ccc(F)cc3)C2)n1. The van der Waals surface area contributed by atoms with E-state index in [0.717, 1.165) is 5.56 Å². The first-order chi connectivity index (χ1) is 9.61. The summed E-state index contributed by atoms with van der Waals surface area (Å²) in [4.78, 5) is 17.9. The maximum atomic E-state index is 12.9. The van der Waals surface area contributed by atoms with Crippen LogP contribution < -0.4 is 0 Å². The number of halogens is 1. The Morgan fingerprint density at radius 3 is 2.80 bits per heavy atom. The van der Waals surface area contributed by atoms with E-state index in [0.29, 0.717) is 31.2 Å². The Bertz CT molecular complexity index is 624. The van der Waals surface area contributed by atoms with E-state index in [1.165, 1.54) is 12.1 Å². The largest absolute Gasteiger partial charge is 0.339 e. The molecule has 0 spiro atoms. The van der Waals surface area contributed by atoms with Crippen LogP contribution in [0.25, 0.3) is 0 Å². The van der Waals surface area contributed by atoms with E-state index < -0.39 is 0 Å². The smallest absolute Gasteiger partial charge is 0.232 e. The summed E-state index contributed by atoms with van der Waals surface area (Å²) in [5, 5.41) is 3.75. The minimum absolute atomic E-state index is 0.0511. The van der Waals surface area contributed by atoms with Crippen LogP contribution in [0.1, 0.15) is 29.6 Å². The molecule has 5 nitrogen and oxygen atoms in total. The summed E-state index contributed by atoms with van der Waals surface area (Å²) in [5.41, 5.74) is 0.905. The summed E-state index contributed by atoms with van der Waals surface area (Å²) in [6.07, 6.45) is 0.378. The number of nitrogens with zero attached hydrogens (tertiary/aromatic N) is 3. The standard InChI is InChI=1S/C14H14FN3O2/c1-9-16-14(20-17-9)11-6-13(19)18(8-11)7-10-2-4-12(15)5-3-10/h2-5,11H,6-8H2,1H3. The monoisotopic (exact) mass is 275 g/mol. The molecule has 1 aromatic heterocycles. The summed E-state index contributed by atoms with van der Waals surface area (Å²) in [6.45, 7) is 2.78. The number of benzene rings is 1. The second-order valence-corrected chi connectivity index (χ2v) is 4.98. The summed E-state index contributed by atoms with van der Waals surface area (Å²) in [7, 11) is 0. The highest BCUT2D eigenvalue weighted by Gasteiger charge is 2.33. The number of amides is 1. The Morgan fingerprint density at radius 2 is 2.15 bits per heavy atom. The molecule has 0 saturated carbocycles. The van der Waals surface area contributed by atoms with Gasteiger partial charge in [-0.1, -0.05) is 17.3 Å². The summed E-state index contributed by atoms with van der Waals surface area (Å²) >= 11 is 0. The molecule has 0 aliphatic carbocycles. The normalized spacial score (nSPS) is 18.8. The number of hydrogen-bond acceptors (Lipinski definition) is 4. The quantitative estimate of drug-likeness (QED) is 0.860. The van der Waals surface area contributed by atoms with Crippen LogP contribution in [0.4, 0.5) is 4.39 Å². The lowest BCUT2D eigenvalue weighted by molar-refractivity contribution is -0.128. The molecule has 1 amide bonds. The van der Waals surface area contributed by atoms with E-state index in [9.17, 15) is 9.18 Å². The van der Waals surface area contributed by atoms with Gasteiger partial charge in [0, 0.05) is 19.5 Å². The number of aryl methyl sites for hydroxylation is 1. The first kappa shape index (κ1) is 12.8. The second kappa shape index (κ2) is 5.03. The van der Waals surface area contributed by atoms with Crippen molar-refractivity contribution in [1.82, 2.24) is 15.0 Å². The van der Waals surface area contributed by atoms with Crippen molar-refractivity contribution in [3.05, 3.63) is 47.4 Å². The fourth-order valence-electron chi connectivity index (χ4n) is 2.38. The molecule has 6 heteroatoms. The van der Waals surface area contributed by atoms with E-state index in [4.69, 9.17) is 4.52 Å². The van der Waals surface area contributed by atoms with Crippen LogP contribution in [0, 0.1) is 12.7 Å². The predicted molar refractivity (Wildman–Crippen MR) is 68.2 cm³/mol. The lowest BCUT2D eigenvalue weighted by atomic mass is 10.1. The van der Waals surface area contributed by atoms with Gasteiger partial charge < -0.3 is 9.42 Å². The average Bonchev–Trinajstić information content (AvgIpc) is 3.00. The summed E-state index contributed by atoms with van der Waals surface area (Å²) in [5.74, 6) is 0.807. The minimum Gasteiger partial charge on any atom is -0.339 e. The molecule has 104 valence electrons. The lowest BCUT2D eigenvalue weighted by Crippen LogP contribution is -2.24. The van der Waals surface area contributed by atoms with Crippen molar-refractivity contribution in [3.63, 3.8) is 0 Å². The average molecular weight is 275 g/mol. The van der Waals surface area contributed by atoms with Crippen LogP contribution in [0.5, 0.6) is 0 Å². The van der Waals surface area contributed by atoms with Crippen LogP contribution >= 0.6 is 0 Å². The molecule has 2 heterocycles. The number of hydrogen-bond donors (Lipinski definition) is 0. The van der Waals surface area contributed by atoms with Crippen LogP contribution in [-0.2, 0) is 11.3 Å². The number of rotatable bonds is 3. The molecule has 1 atom stereocenters. The highest BCUT2D eigenvalue weighted by atomic mass is 19.1. The number of aromatic nitrogens is 2. The molecule has 1 aliphatic heterocycles. The Labute approximate surface area is 115 Å². The van der Waals surface area contributed by atoms with Crippen molar-refractivity contribution in [3.8, 4) is 0 Å². The van der Waals surface area contributed by atoms with Gasteiger partial charge in [0.15, 0.2) is 5.82 Å². The van der Waals surface area contributed by atoms with Crippen LogP contribution in [0.2, 0.25) is 0 Å². The van der Waals surface area contributed by atoms with Gasteiger partial charge in [0.25, 0.3) is 0 Å². The predicted octanol–water partition coefficient (Wildman–Crippen LogP) is 2.03. The molecule has 1 saturated heterocycles. The van der Waals surface area contributed by atoms with Crippen LogP contribution in [-0.4, -0.2) is 27.5 Å². The molecule has 1 aliphatic rings. The third-order valence-corrected chi connectivity index (χ3v) is 3.39. The van der Waals surface area contributed by atoms with Gasteiger partial charge >= 0.3 is 0 Å². The zero-order valence-corrected chi connectivity index (χ0v) is 11.0. The fraction of sp³-hybridized carbons (Fsp3) is 0.357. The summed E-state index contributed by atoms with van der Waals surface area (Å²) < 4.78 is 18.0. The van der Waals surface area contributed by atoms with Crippen molar-refractivity contribution in [1.29, 1.82) is 0 Å². The zero-order chi connectivity index (χ0) is 14.1. The highest BCUT2D eigenvalue weighted by molar-refractivity contribution is 5.79. The molecule has 0 radical (unpaired) electrons. The van der Waals surface area contributed by atoms with Gasteiger partial charge in [0.2, 0.25) is 11.8 Å². The third-order valence-electron chi connectivity index (χ3n) is 3.39. The topological polar surface area (TPSA) is 59.2 Å². The zero-order valence-electron chi connectivity index (χ0n) is 11.0. The fourth-order valence-corrected chi connectivity index (χ4v) is 2.38. The first-order valence-electron chi connectivity index (χ1n) is 6.44. The van der Waals surface area contributed by atoms with Crippen molar-refractivity contribution in [2.45, 2.75) is 25.8 Å². The van der Waals surface area contributed by atoms with E-state index in [1.807, 2.05) is 0 Å². The molecular weight excluding hydrogens is 261 g/mol. The van der Waals surface area contributed by atoms with Gasteiger partial charge in [-0.3, -0.25) is 4.79 Å². The highest BCUT2D eigenvalue weighted by Crippen LogP contribution is 2.28. The number of likely N-dealkylation sites (tertiary alicyclic amines) is 1. The molecule has 2 aromatic rings. The molecule has 20 heavy (non-hydrogen) atoms. The van der Waals surface area contributed by atoms with Crippen LogP contribution in [0.3, 0.4) is 0 Å². The molecule has 0 N–H and O–H groups in total. The van der Waals surface area contributed by atoms with Gasteiger partial charge in [0.1, 0.15) is 5.82 Å². The number of carbonyl (C=O) groups is 1. The van der Waals surface area contributed by atoms with E-state index >= 15 is 0 Å². The Balaban J connectivity index is 1.69. The molecular formula is C14H14FN3O2. The lowest BCUT2D eigenvalue weighted by Gasteiger charge is -2.15. The van der Waals surface area contributed by atoms with Gasteiger partial charge in [-0.2, -0.15) is 4.98 Å². The van der Waals surface area contributed by atoms with Crippen molar-refractivity contribution in [2.24, 2.45) is 0 Å². The van der Waals surface area contributed by atoms with Gasteiger partial charge in [0.05, 0.1) is 5.92 Å². The summed E-state index contributed by atoms with van der Waals surface area (Å²) in [6, 6.07) is 6.17. The molecule has 3 rings (SSSR count). The van der Waals surface area contributed by atoms with Crippen LogP contribution in [0.15, 0.2) is 28.8 Å². The van der Waals surface area contributed by atoms with Crippen molar-refractivity contribution < 1.29 is 13.7 Å². The molecule has 1 aromatic carbocycles. The molecule has 0 bridgehead atoms. The Morgan fingerprint density at radius 1 is 1.40 bits per heavy atom. The maximum absolute atomic E-state index is 12.9. The third kappa shape index (κ3) is 2.54. The van der Waals surface area contributed by atoms with Crippen molar-refractivity contribution in [2.75, 3.05) is 6.54 Å². The van der Waals surface area contributed by atoms with E-state index in [2.05, 4.69) is 10.1 Å². The van der Waals surface area contributed by atoms with E-state index in [1.54, 1.807) is 24.0 Å². The second-order valence-electron chi connectivity index (χ2n) is 4.98. The first-order valence-corrected chi connectivity index (χ1v) is 6.44. The Kier molecular flexibility index (Phi) is 3.22. The van der Waals surface area contributed by atoms with Gasteiger partial charge in [-0.25, -0.2) is 4.39 Å². The van der Waals surface area contributed by atoms with E-state index in [-0.39, 0.29) is 17.6 Å². The van der Waals surface area contributed by atoms with Crippen molar-refractivity contribution >= 4 is 5.91 Å². The molecule has 1 fully saturated rings. The Hall–Kier alpha value is -2.24. The maximum Gasteiger partial charge on any atom is 0.232 e. The number of carbonyl (C=O) groups excluding carboxylic acids is 1. The van der Waals surface area contributed by atoms with Gasteiger partial charge in [-0.15, -0.1) is 0 Å². The van der Waals surface area contributed by atoms with Gasteiger partial charge in [-0.05, 0) is 24.6 Å². The molecule has 1 unspecified atom stereocenters.